The van der Waals surface area contributed by atoms with Crippen molar-refractivity contribution in [1.29, 1.82) is 0 Å². The summed E-state index contributed by atoms with van der Waals surface area (Å²) < 4.78 is 61.9. The number of carbonyl (C=O) groups excluding carboxylic acids is 7. The maximum atomic E-state index is 12.5. The normalized spacial score (nSPS) is 27.9. The lowest BCUT2D eigenvalue weighted by Crippen LogP contribution is -2.67. The summed E-state index contributed by atoms with van der Waals surface area (Å²) in [7, 11) is 0. The maximum Gasteiger partial charge on any atom is 0.303 e. The van der Waals surface area contributed by atoms with Gasteiger partial charge in [-0.3, -0.25) is 43.7 Å². The van der Waals surface area contributed by atoms with Crippen LogP contribution < -0.4 is 4.74 Å². The Morgan fingerprint density at radius 2 is 0.925 bits per heavy atom. The second kappa shape index (κ2) is 18.9. The summed E-state index contributed by atoms with van der Waals surface area (Å²) in [5.74, 6) is -6.22. The third-order valence-electron chi connectivity index (χ3n) is 7.19. The van der Waals surface area contributed by atoms with Crippen LogP contribution in [0.25, 0.3) is 0 Å². The Morgan fingerprint density at radius 3 is 1.36 bits per heavy atom. The molecule has 0 saturated carbocycles. The molecule has 21 nitrogen and oxygen atoms in total. The molecule has 292 valence electrons. The lowest BCUT2D eigenvalue weighted by molar-refractivity contribution is -0.384. The molecule has 10 atom stereocenters. The van der Waals surface area contributed by atoms with E-state index in [-0.39, 0.29) is 11.4 Å². The van der Waals surface area contributed by atoms with Crippen molar-refractivity contribution in [2.24, 2.45) is 0 Å². The molecule has 0 bridgehead atoms. The largest absolute Gasteiger partial charge is 0.463 e. The SMILES string of the molecule is CC(=O)OC[C@H]1O[C@H](O[C@H]2[C@H](OC(C)=O)[C@@H](OC(C)=O)[C@H](Oc3ccc([N+](=O)[O-])cc3)O[C@@H]2COC(C)=O)[C@H](OC(C)=O)[C@@H](OC(C)=O)[C@H]1OC(C)=O. The summed E-state index contributed by atoms with van der Waals surface area (Å²) in [4.78, 5) is 96.0. The van der Waals surface area contributed by atoms with E-state index >= 15 is 0 Å². The van der Waals surface area contributed by atoms with E-state index in [1.807, 2.05) is 0 Å². The van der Waals surface area contributed by atoms with Crippen molar-refractivity contribution in [2.75, 3.05) is 13.2 Å². The number of non-ortho nitro benzene ring substituents is 1. The van der Waals surface area contributed by atoms with E-state index in [0.29, 0.717) is 0 Å². The summed E-state index contributed by atoms with van der Waals surface area (Å²) >= 11 is 0. The van der Waals surface area contributed by atoms with Gasteiger partial charge in [0.15, 0.2) is 30.7 Å². The van der Waals surface area contributed by atoms with E-state index in [0.717, 1.165) is 60.6 Å². The molecule has 1 aromatic rings. The Labute approximate surface area is 301 Å². The number of carbonyl (C=O) groups is 7. The molecule has 0 unspecified atom stereocenters. The fourth-order valence-corrected chi connectivity index (χ4v) is 5.35. The number of hydrogen-bond donors (Lipinski definition) is 0. The van der Waals surface area contributed by atoms with Gasteiger partial charge in [-0.2, -0.15) is 0 Å². The fourth-order valence-electron chi connectivity index (χ4n) is 5.35. The van der Waals surface area contributed by atoms with Gasteiger partial charge in [0, 0.05) is 60.6 Å². The molecule has 1 aromatic carbocycles. The maximum absolute atomic E-state index is 12.5. The first kappa shape index (κ1) is 42.0. The van der Waals surface area contributed by atoms with Crippen molar-refractivity contribution in [3.63, 3.8) is 0 Å². The van der Waals surface area contributed by atoms with Crippen molar-refractivity contribution < 1.29 is 90.6 Å². The quantitative estimate of drug-likeness (QED) is 0.109. The molecule has 0 spiro atoms. The number of nitrogens with zero attached hydrogens (tertiary/aromatic N) is 1. The molecule has 0 radical (unpaired) electrons. The van der Waals surface area contributed by atoms with Gasteiger partial charge >= 0.3 is 41.8 Å². The third kappa shape index (κ3) is 12.4. The summed E-state index contributed by atoms with van der Waals surface area (Å²) in [5, 5.41) is 11.2. The first-order valence-corrected chi connectivity index (χ1v) is 15.9. The molecule has 2 saturated heterocycles. The minimum atomic E-state index is -1.85. The minimum Gasteiger partial charge on any atom is -0.463 e. The third-order valence-corrected chi connectivity index (χ3v) is 7.19. The van der Waals surface area contributed by atoms with Crippen LogP contribution in [0.4, 0.5) is 5.69 Å². The summed E-state index contributed by atoms with van der Waals surface area (Å²) in [5.41, 5.74) is -0.276. The predicted molar refractivity (Wildman–Crippen MR) is 167 cm³/mol. The van der Waals surface area contributed by atoms with E-state index < -0.39 is 121 Å². The van der Waals surface area contributed by atoms with Gasteiger partial charge in [0.2, 0.25) is 12.4 Å². The monoisotopic (exact) mass is 757 g/mol. The van der Waals surface area contributed by atoms with Gasteiger partial charge < -0.3 is 52.1 Å². The zero-order chi connectivity index (χ0) is 39.6. The molecule has 3 rings (SSSR count). The number of esters is 7. The van der Waals surface area contributed by atoms with Crippen LogP contribution in [0.1, 0.15) is 48.5 Å². The predicted octanol–water partition coefficient (Wildman–Crippen LogP) is 0.593. The zero-order valence-electron chi connectivity index (χ0n) is 29.6. The molecule has 0 N–H and O–H groups in total. The van der Waals surface area contributed by atoms with Gasteiger partial charge in [0.05, 0.1) is 4.92 Å². The van der Waals surface area contributed by atoms with Crippen molar-refractivity contribution in [3.05, 3.63) is 34.4 Å². The first-order valence-electron chi connectivity index (χ1n) is 15.9. The standard InChI is InChI=1S/C32H39NO20/c1-14(34)43-12-23-25(45-16(3)36)27(46-17(4)37)30(49-20(7)40)32(52-23)53-26-24(13-44-15(2)35)51-31(29(48-19(6)39)28(26)47-18(5)38)50-22-10-8-21(9-11-22)33(41)42/h8-11,23-32H,12-13H2,1-7H3/t23-,24-,25+,26-,27+,28+,29-,30-,31-,32-/m1/s1. The number of ether oxygens (including phenoxy) is 11. The number of hydrogen-bond acceptors (Lipinski definition) is 20. The second-order valence-corrected chi connectivity index (χ2v) is 11.5. The van der Waals surface area contributed by atoms with Gasteiger partial charge in [0.1, 0.15) is 37.3 Å². The highest BCUT2D eigenvalue weighted by Gasteiger charge is 2.58. The van der Waals surface area contributed by atoms with Gasteiger partial charge in [-0.1, -0.05) is 0 Å². The van der Waals surface area contributed by atoms with E-state index in [9.17, 15) is 43.7 Å². The van der Waals surface area contributed by atoms with Gasteiger partial charge in [0.25, 0.3) is 5.69 Å². The van der Waals surface area contributed by atoms with E-state index in [1.54, 1.807) is 0 Å². The summed E-state index contributed by atoms with van der Waals surface area (Å²) in [6, 6.07) is 4.67. The van der Waals surface area contributed by atoms with Crippen LogP contribution in [0.2, 0.25) is 0 Å². The van der Waals surface area contributed by atoms with Crippen LogP contribution in [-0.4, -0.2) is 121 Å². The Morgan fingerprint density at radius 1 is 0.547 bits per heavy atom. The molecular weight excluding hydrogens is 718 g/mol. The molecule has 2 aliphatic heterocycles. The highest BCUT2D eigenvalue weighted by Crippen LogP contribution is 2.36. The van der Waals surface area contributed by atoms with Crippen LogP contribution in [0, 0.1) is 10.1 Å². The number of rotatable bonds is 14. The molecule has 53 heavy (non-hydrogen) atoms. The molecule has 21 heteroatoms. The van der Waals surface area contributed by atoms with Crippen LogP contribution in [-0.2, 0) is 80.9 Å². The molecule has 2 heterocycles. The molecule has 0 aromatic heterocycles. The summed E-state index contributed by atoms with van der Waals surface area (Å²) in [6.07, 6.45) is -16.4. The van der Waals surface area contributed by atoms with E-state index in [1.165, 1.54) is 12.1 Å². The lowest BCUT2D eigenvalue weighted by atomic mass is 9.96. The highest BCUT2D eigenvalue weighted by molar-refractivity contribution is 5.69. The van der Waals surface area contributed by atoms with Crippen molar-refractivity contribution in [2.45, 2.75) is 110 Å². The molecule has 0 aliphatic carbocycles. The number of nitro benzene ring substituents is 1. The average Bonchev–Trinajstić information content (AvgIpc) is 3.03. The van der Waals surface area contributed by atoms with Gasteiger partial charge in [-0.25, -0.2) is 0 Å². The van der Waals surface area contributed by atoms with Crippen LogP contribution in [0.3, 0.4) is 0 Å². The Kier molecular flexibility index (Phi) is 15.0. The Balaban J connectivity index is 2.16. The van der Waals surface area contributed by atoms with Crippen molar-refractivity contribution >= 4 is 47.5 Å². The van der Waals surface area contributed by atoms with Crippen LogP contribution >= 0.6 is 0 Å². The topological polar surface area (TPSA) is 264 Å². The summed E-state index contributed by atoms with van der Waals surface area (Å²) in [6.45, 7) is 6.00. The van der Waals surface area contributed by atoms with Gasteiger partial charge in [-0.15, -0.1) is 0 Å². The molecule has 0 amide bonds. The molecule has 2 aliphatic rings. The Bertz CT molecular complexity index is 1530. The Hall–Kier alpha value is -5.41. The lowest BCUT2D eigenvalue weighted by Gasteiger charge is -2.48. The van der Waals surface area contributed by atoms with Crippen molar-refractivity contribution in [1.82, 2.24) is 0 Å². The highest BCUT2D eigenvalue weighted by atomic mass is 16.8. The van der Waals surface area contributed by atoms with E-state index in [2.05, 4.69) is 0 Å². The molecular formula is C32H39NO20. The smallest absolute Gasteiger partial charge is 0.303 e. The molecule has 2 fully saturated rings. The van der Waals surface area contributed by atoms with Gasteiger partial charge in [-0.05, 0) is 12.1 Å². The van der Waals surface area contributed by atoms with Crippen LogP contribution in [0.5, 0.6) is 5.75 Å². The van der Waals surface area contributed by atoms with E-state index in [4.69, 9.17) is 52.1 Å². The minimum absolute atomic E-state index is 0.0236. The van der Waals surface area contributed by atoms with Crippen molar-refractivity contribution in [3.8, 4) is 5.75 Å². The zero-order valence-corrected chi connectivity index (χ0v) is 29.6. The average molecular weight is 758 g/mol. The number of nitro groups is 1. The second-order valence-electron chi connectivity index (χ2n) is 11.5. The van der Waals surface area contributed by atoms with Crippen LogP contribution in [0.15, 0.2) is 24.3 Å². The first-order chi connectivity index (χ1) is 24.9. The number of benzene rings is 1. The fraction of sp³-hybridized carbons (Fsp3) is 0.594.